The van der Waals surface area contributed by atoms with Gasteiger partial charge < -0.3 is 15.2 Å². The summed E-state index contributed by atoms with van der Waals surface area (Å²) in [6.07, 6.45) is 1.48. The van der Waals surface area contributed by atoms with Gasteiger partial charge in [-0.3, -0.25) is 4.57 Å². The van der Waals surface area contributed by atoms with Crippen molar-refractivity contribution in [3.8, 4) is 11.4 Å². The summed E-state index contributed by atoms with van der Waals surface area (Å²) >= 11 is 0. The van der Waals surface area contributed by atoms with Gasteiger partial charge in [0.25, 0.3) is 0 Å². The topological polar surface area (TPSA) is 79.4 Å². The van der Waals surface area contributed by atoms with E-state index in [0.717, 1.165) is 5.69 Å². The van der Waals surface area contributed by atoms with Crippen molar-refractivity contribution >= 4 is 11.8 Å². The fourth-order valence-electron chi connectivity index (χ4n) is 1.68. The quantitative estimate of drug-likeness (QED) is 0.846. The molecular weight excluding hydrogens is 246 g/mol. The molecule has 100 valence electrons. The zero-order valence-electron chi connectivity index (χ0n) is 10.8. The molecule has 0 aliphatic rings. The van der Waals surface area contributed by atoms with E-state index in [4.69, 9.17) is 15.2 Å². The predicted molar refractivity (Wildman–Crippen MR) is 70.5 cm³/mol. The molecule has 1 aromatic carbocycles. The predicted octanol–water partition coefficient (Wildman–Crippen LogP) is 1.64. The van der Waals surface area contributed by atoms with Crippen molar-refractivity contribution < 1.29 is 14.3 Å². The minimum Gasteiger partial charge on any atom is -0.497 e. The minimum atomic E-state index is -0.526. The van der Waals surface area contributed by atoms with E-state index in [-0.39, 0.29) is 18.1 Å². The van der Waals surface area contributed by atoms with Crippen LogP contribution >= 0.6 is 0 Å². The minimum absolute atomic E-state index is 0.115. The van der Waals surface area contributed by atoms with Crippen molar-refractivity contribution in [1.29, 1.82) is 0 Å². The second-order valence-corrected chi connectivity index (χ2v) is 3.77. The molecule has 2 rings (SSSR count). The molecule has 0 spiro atoms. The van der Waals surface area contributed by atoms with Crippen LogP contribution in [-0.4, -0.2) is 29.2 Å². The fourth-order valence-corrected chi connectivity index (χ4v) is 1.68. The van der Waals surface area contributed by atoms with Gasteiger partial charge >= 0.3 is 5.97 Å². The van der Waals surface area contributed by atoms with Crippen LogP contribution in [0.3, 0.4) is 0 Å². The molecular formula is C13H15N3O3. The maximum atomic E-state index is 11.6. The summed E-state index contributed by atoms with van der Waals surface area (Å²) in [5, 5.41) is 0. The van der Waals surface area contributed by atoms with Crippen molar-refractivity contribution in [2.45, 2.75) is 6.92 Å². The summed E-state index contributed by atoms with van der Waals surface area (Å²) in [4.78, 5) is 15.6. The number of imidazole rings is 1. The number of carbonyl (C=O) groups is 1. The third-order valence-corrected chi connectivity index (χ3v) is 2.60. The molecule has 0 saturated carbocycles. The number of benzene rings is 1. The third kappa shape index (κ3) is 2.52. The molecule has 6 nitrogen and oxygen atoms in total. The van der Waals surface area contributed by atoms with Crippen LogP contribution in [0.4, 0.5) is 5.82 Å². The van der Waals surface area contributed by atoms with Gasteiger partial charge in [0.2, 0.25) is 0 Å². The van der Waals surface area contributed by atoms with Gasteiger partial charge in [0.1, 0.15) is 17.9 Å². The van der Waals surface area contributed by atoms with E-state index in [1.165, 1.54) is 6.33 Å². The average Bonchev–Trinajstić information content (AvgIpc) is 2.81. The van der Waals surface area contributed by atoms with Crippen LogP contribution in [0.5, 0.6) is 5.75 Å². The highest BCUT2D eigenvalue weighted by atomic mass is 16.5. The lowest BCUT2D eigenvalue weighted by atomic mass is 10.3. The Bertz CT molecular complexity index is 593. The fraction of sp³-hybridized carbons (Fsp3) is 0.231. The summed E-state index contributed by atoms with van der Waals surface area (Å²) in [5.74, 6) is 0.414. The van der Waals surface area contributed by atoms with E-state index in [1.54, 1.807) is 24.7 Å². The van der Waals surface area contributed by atoms with Crippen LogP contribution in [0, 0.1) is 0 Å². The first-order valence-corrected chi connectivity index (χ1v) is 5.81. The average molecular weight is 261 g/mol. The van der Waals surface area contributed by atoms with Crippen molar-refractivity contribution in [1.82, 2.24) is 9.55 Å². The molecule has 6 heteroatoms. The molecule has 0 fully saturated rings. The van der Waals surface area contributed by atoms with Gasteiger partial charge in [-0.1, -0.05) is 6.07 Å². The molecule has 2 N–H and O–H groups in total. The summed E-state index contributed by atoms with van der Waals surface area (Å²) in [7, 11) is 1.58. The number of hydrogen-bond donors (Lipinski definition) is 1. The van der Waals surface area contributed by atoms with Crippen LogP contribution in [0.2, 0.25) is 0 Å². The number of rotatable bonds is 4. The Morgan fingerprint density at radius 1 is 1.47 bits per heavy atom. The van der Waals surface area contributed by atoms with Crippen LogP contribution < -0.4 is 10.5 Å². The van der Waals surface area contributed by atoms with Gasteiger partial charge in [-0.2, -0.15) is 0 Å². The van der Waals surface area contributed by atoms with Gasteiger partial charge in [-0.15, -0.1) is 0 Å². The van der Waals surface area contributed by atoms with Crippen LogP contribution in [0.1, 0.15) is 17.4 Å². The highest BCUT2D eigenvalue weighted by Gasteiger charge is 2.17. The zero-order chi connectivity index (χ0) is 13.8. The Balaban J connectivity index is 2.38. The number of esters is 1. The molecule has 0 saturated heterocycles. The first kappa shape index (κ1) is 12.9. The van der Waals surface area contributed by atoms with Crippen molar-refractivity contribution in [2.24, 2.45) is 0 Å². The molecule has 1 heterocycles. The van der Waals surface area contributed by atoms with E-state index in [0.29, 0.717) is 5.75 Å². The second kappa shape index (κ2) is 5.43. The maximum absolute atomic E-state index is 11.6. The monoisotopic (exact) mass is 261 g/mol. The lowest BCUT2D eigenvalue weighted by Crippen LogP contribution is -2.09. The molecule has 0 aliphatic carbocycles. The third-order valence-electron chi connectivity index (χ3n) is 2.60. The summed E-state index contributed by atoms with van der Waals surface area (Å²) < 4.78 is 11.6. The Labute approximate surface area is 110 Å². The van der Waals surface area contributed by atoms with E-state index in [1.807, 2.05) is 18.2 Å². The highest BCUT2D eigenvalue weighted by Crippen LogP contribution is 2.21. The number of nitrogens with two attached hydrogens (primary N) is 1. The van der Waals surface area contributed by atoms with Crippen molar-refractivity contribution in [3.05, 3.63) is 36.3 Å². The van der Waals surface area contributed by atoms with Crippen LogP contribution in [-0.2, 0) is 4.74 Å². The Hall–Kier alpha value is -2.50. The summed E-state index contributed by atoms with van der Waals surface area (Å²) in [5.41, 5.74) is 6.80. The molecule has 1 aromatic heterocycles. The molecule has 0 aliphatic heterocycles. The molecule has 0 unspecified atom stereocenters. The SMILES string of the molecule is CCOC(=O)c1ncn(-c2cccc(OC)c2)c1N. The number of methoxy groups -OCH3 is 1. The molecule has 19 heavy (non-hydrogen) atoms. The molecule has 0 radical (unpaired) electrons. The van der Waals surface area contributed by atoms with Gasteiger partial charge in [-0.25, -0.2) is 9.78 Å². The standard InChI is InChI=1S/C13H15N3O3/c1-3-19-13(17)11-12(14)16(8-15-11)9-5-4-6-10(7-9)18-2/h4-8H,3,14H2,1-2H3. The zero-order valence-corrected chi connectivity index (χ0v) is 10.8. The van der Waals surface area contributed by atoms with Gasteiger partial charge in [-0.05, 0) is 19.1 Å². The van der Waals surface area contributed by atoms with Crippen molar-refractivity contribution in [2.75, 3.05) is 19.5 Å². The first-order chi connectivity index (χ1) is 9.17. The van der Waals surface area contributed by atoms with Crippen LogP contribution in [0.15, 0.2) is 30.6 Å². The number of anilines is 1. The smallest absolute Gasteiger partial charge is 0.360 e. The maximum Gasteiger partial charge on any atom is 0.360 e. The Morgan fingerprint density at radius 2 is 2.26 bits per heavy atom. The normalized spacial score (nSPS) is 10.2. The van der Waals surface area contributed by atoms with Gasteiger partial charge in [0.15, 0.2) is 5.69 Å². The van der Waals surface area contributed by atoms with Crippen LogP contribution in [0.25, 0.3) is 5.69 Å². The number of hydrogen-bond acceptors (Lipinski definition) is 5. The largest absolute Gasteiger partial charge is 0.497 e. The van der Waals surface area contributed by atoms with Crippen molar-refractivity contribution in [3.63, 3.8) is 0 Å². The molecule has 2 aromatic rings. The number of nitrogens with zero attached hydrogens (tertiary/aromatic N) is 2. The van der Waals surface area contributed by atoms with E-state index >= 15 is 0 Å². The van der Waals surface area contributed by atoms with E-state index in [9.17, 15) is 4.79 Å². The van der Waals surface area contributed by atoms with E-state index in [2.05, 4.69) is 4.98 Å². The second-order valence-electron chi connectivity index (χ2n) is 3.77. The number of aromatic nitrogens is 2. The Kier molecular flexibility index (Phi) is 3.70. The molecule has 0 atom stereocenters. The highest BCUT2D eigenvalue weighted by molar-refractivity contribution is 5.92. The summed E-state index contributed by atoms with van der Waals surface area (Å²) in [6, 6.07) is 7.29. The van der Waals surface area contributed by atoms with E-state index < -0.39 is 5.97 Å². The molecule has 0 amide bonds. The number of carbonyl (C=O) groups excluding carboxylic acids is 1. The number of nitrogen functional groups attached to an aromatic ring is 1. The van der Waals surface area contributed by atoms with Gasteiger partial charge in [0, 0.05) is 6.07 Å². The Morgan fingerprint density at radius 3 is 2.95 bits per heavy atom. The first-order valence-electron chi connectivity index (χ1n) is 5.81. The lowest BCUT2D eigenvalue weighted by Gasteiger charge is -2.07. The van der Waals surface area contributed by atoms with Gasteiger partial charge in [0.05, 0.1) is 19.4 Å². The lowest BCUT2D eigenvalue weighted by molar-refractivity contribution is 0.0521. The number of ether oxygens (including phenoxy) is 2. The summed E-state index contributed by atoms with van der Waals surface area (Å²) in [6.45, 7) is 2.01. The molecule has 0 bridgehead atoms.